The second kappa shape index (κ2) is 5.38. The maximum Gasteiger partial charge on any atom is 0.0585 e. The van der Waals surface area contributed by atoms with Gasteiger partial charge in [-0.3, -0.25) is 0 Å². The van der Waals surface area contributed by atoms with Crippen molar-refractivity contribution in [3.05, 3.63) is 42.0 Å². The van der Waals surface area contributed by atoms with Gasteiger partial charge in [0.1, 0.15) is 0 Å². The summed E-state index contributed by atoms with van der Waals surface area (Å²) in [5.74, 6) is 0. The molecule has 0 radical (unpaired) electrons. The molecule has 0 amide bonds. The highest BCUT2D eigenvalue weighted by molar-refractivity contribution is 5.96. The Balaban J connectivity index is 2.54. The van der Waals surface area contributed by atoms with Gasteiger partial charge in [0.05, 0.1) is 6.61 Å². The standard InChI is InChI=1S/C15H20N2O/c1-17(2)15-8-7-11(9-12(16)10-18)13-5-3-4-6-14(13)15/h3-8,12,18H,9-10,16H2,1-2H3. The van der Waals surface area contributed by atoms with Gasteiger partial charge >= 0.3 is 0 Å². The van der Waals surface area contributed by atoms with Crippen LogP contribution in [0.2, 0.25) is 0 Å². The molecule has 1 unspecified atom stereocenters. The van der Waals surface area contributed by atoms with Crippen molar-refractivity contribution in [3.8, 4) is 0 Å². The Labute approximate surface area is 108 Å². The molecule has 2 rings (SSSR count). The normalized spacial score (nSPS) is 12.7. The van der Waals surface area contributed by atoms with Crippen LogP contribution >= 0.6 is 0 Å². The van der Waals surface area contributed by atoms with Gasteiger partial charge < -0.3 is 15.7 Å². The van der Waals surface area contributed by atoms with E-state index in [-0.39, 0.29) is 12.6 Å². The molecule has 0 aliphatic heterocycles. The lowest BCUT2D eigenvalue weighted by atomic mass is 9.98. The number of hydrogen-bond donors (Lipinski definition) is 2. The summed E-state index contributed by atoms with van der Waals surface area (Å²) >= 11 is 0. The van der Waals surface area contributed by atoms with Crippen LogP contribution in [0.5, 0.6) is 0 Å². The summed E-state index contributed by atoms with van der Waals surface area (Å²) in [4.78, 5) is 2.11. The lowest BCUT2D eigenvalue weighted by Gasteiger charge is -2.18. The topological polar surface area (TPSA) is 49.5 Å². The van der Waals surface area contributed by atoms with Crippen LogP contribution in [0.15, 0.2) is 36.4 Å². The van der Waals surface area contributed by atoms with Crippen molar-refractivity contribution in [1.82, 2.24) is 0 Å². The van der Waals surface area contributed by atoms with E-state index in [2.05, 4.69) is 29.2 Å². The molecule has 0 heterocycles. The SMILES string of the molecule is CN(C)c1ccc(CC(N)CO)c2ccccc12. The predicted octanol–water partition coefficient (Wildman–Crippen LogP) is 1.77. The van der Waals surface area contributed by atoms with Gasteiger partial charge in [0.15, 0.2) is 0 Å². The Hall–Kier alpha value is -1.58. The zero-order valence-electron chi connectivity index (χ0n) is 10.9. The molecule has 3 nitrogen and oxygen atoms in total. The van der Waals surface area contributed by atoms with Gasteiger partial charge in [-0.15, -0.1) is 0 Å². The minimum atomic E-state index is -0.196. The van der Waals surface area contributed by atoms with Crippen LogP contribution in [0, 0.1) is 0 Å². The highest BCUT2D eigenvalue weighted by Gasteiger charge is 2.09. The second-order valence-corrected chi connectivity index (χ2v) is 4.83. The van der Waals surface area contributed by atoms with Gasteiger partial charge in [-0.1, -0.05) is 30.3 Å². The highest BCUT2D eigenvalue weighted by atomic mass is 16.3. The van der Waals surface area contributed by atoms with Crippen LogP contribution < -0.4 is 10.6 Å². The molecule has 2 aromatic carbocycles. The molecule has 0 aromatic heterocycles. The lowest BCUT2D eigenvalue weighted by Crippen LogP contribution is -2.26. The third-order valence-electron chi connectivity index (χ3n) is 3.19. The number of benzene rings is 2. The summed E-state index contributed by atoms with van der Waals surface area (Å²) < 4.78 is 0. The monoisotopic (exact) mass is 244 g/mol. The smallest absolute Gasteiger partial charge is 0.0585 e. The molecule has 0 aliphatic rings. The van der Waals surface area contributed by atoms with E-state index in [1.54, 1.807) is 0 Å². The van der Waals surface area contributed by atoms with E-state index in [1.807, 2.05) is 26.2 Å². The molecular weight excluding hydrogens is 224 g/mol. The Morgan fingerprint density at radius 1 is 1.11 bits per heavy atom. The summed E-state index contributed by atoms with van der Waals surface area (Å²) in [6.45, 7) is 0.0176. The Bertz CT molecular complexity index is 537. The van der Waals surface area contributed by atoms with Crippen LogP contribution in [0.3, 0.4) is 0 Å². The number of hydrogen-bond acceptors (Lipinski definition) is 3. The number of anilines is 1. The van der Waals surface area contributed by atoms with Gasteiger partial charge in [-0.2, -0.15) is 0 Å². The Kier molecular flexibility index (Phi) is 3.84. The first-order chi connectivity index (χ1) is 8.63. The molecule has 0 fully saturated rings. The number of rotatable bonds is 4. The maximum atomic E-state index is 9.08. The van der Waals surface area contributed by atoms with E-state index in [1.165, 1.54) is 22.0 Å². The van der Waals surface area contributed by atoms with Crippen molar-refractivity contribution < 1.29 is 5.11 Å². The van der Waals surface area contributed by atoms with E-state index in [9.17, 15) is 0 Å². The summed E-state index contributed by atoms with van der Waals surface area (Å²) in [5, 5.41) is 11.5. The predicted molar refractivity (Wildman–Crippen MR) is 77.0 cm³/mol. The average molecular weight is 244 g/mol. The molecule has 0 bridgehead atoms. The first-order valence-corrected chi connectivity index (χ1v) is 6.18. The number of nitrogens with zero attached hydrogens (tertiary/aromatic N) is 1. The van der Waals surface area contributed by atoms with Crippen LogP contribution in [0.4, 0.5) is 5.69 Å². The quantitative estimate of drug-likeness (QED) is 0.861. The third-order valence-corrected chi connectivity index (χ3v) is 3.19. The van der Waals surface area contributed by atoms with Crippen molar-refractivity contribution in [1.29, 1.82) is 0 Å². The van der Waals surface area contributed by atoms with E-state index in [0.717, 1.165) is 0 Å². The van der Waals surface area contributed by atoms with E-state index < -0.39 is 0 Å². The maximum absolute atomic E-state index is 9.08. The number of aliphatic hydroxyl groups excluding tert-OH is 1. The average Bonchev–Trinajstić information content (AvgIpc) is 2.38. The molecule has 18 heavy (non-hydrogen) atoms. The molecule has 2 aromatic rings. The van der Waals surface area contributed by atoms with Crippen molar-refractivity contribution in [3.63, 3.8) is 0 Å². The summed E-state index contributed by atoms with van der Waals surface area (Å²) in [7, 11) is 4.09. The molecule has 96 valence electrons. The number of nitrogens with two attached hydrogens (primary N) is 1. The van der Waals surface area contributed by atoms with Crippen LogP contribution in [-0.2, 0) is 6.42 Å². The molecule has 0 saturated carbocycles. The van der Waals surface area contributed by atoms with E-state index >= 15 is 0 Å². The van der Waals surface area contributed by atoms with Gasteiger partial charge in [0.2, 0.25) is 0 Å². The third kappa shape index (κ3) is 2.47. The molecule has 3 N–H and O–H groups in total. The molecule has 0 saturated heterocycles. The lowest BCUT2D eigenvalue weighted by molar-refractivity contribution is 0.265. The Morgan fingerprint density at radius 3 is 2.39 bits per heavy atom. The minimum Gasteiger partial charge on any atom is -0.395 e. The minimum absolute atomic E-state index is 0.0176. The second-order valence-electron chi connectivity index (χ2n) is 4.83. The molecule has 0 spiro atoms. The zero-order chi connectivity index (χ0) is 13.1. The fraction of sp³-hybridized carbons (Fsp3) is 0.333. The molecule has 1 atom stereocenters. The van der Waals surface area contributed by atoms with Gasteiger partial charge in [-0.05, 0) is 23.4 Å². The fourth-order valence-electron chi connectivity index (χ4n) is 2.26. The van der Waals surface area contributed by atoms with Crippen molar-refractivity contribution in [2.75, 3.05) is 25.6 Å². The first-order valence-electron chi connectivity index (χ1n) is 6.18. The number of aliphatic hydroxyl groups is 1. The summed E-state index contributed by atoms with van der Waals surface area (Å²) in [6, 6.07) is 12.3. The highest BCUT2D eigenvalue weighted by Crippen LogP contribution is 2.28. The zero-order valence-corrected chi connectivity index (χ0v) is 10.9. The number of fused-ring (bicyclic) bond motifs is 1. The summed E-state index contributed by atoms with van der Waals surface area (Å²) in [6.07, 6.45) is 0.699. The summed E-state index contributed by atoms with van der Waals surface area (Å²) in [5.41, 5.74) is 8.23. The van der Waals surface area contributed by atoms with Gasteiger partial charge in [0.25, 0.3) is 0 Å². The van der Waals surface area contributed by atoms with E-state index in [0.29, 0.717) is 6.42 Å². The van der Waals surface area contributed by atoms with Gasteiger partial charge in [0, 0.05) is 31.2 Å². The Morgan fingerprint density at radius 2 is 1.78 bits per heavy atom. The molecule has 3 heteroatoms. The first kappa shape index (κ1) is 12.9. The fourth-order valence-corrected chi connectivity index (χ4v) is 2.26. The van der Waals surface area contributed by atoms with Gasteiger partial charge in [-0.25, -0.2) is 0 Å². The van der Waals surface area contributed by atoms with Crippen LogP contribution in [-0.4, -0.2) is 31.9 Å². The van der Waals surface area contributed by atoms with Crippen molar-refractivity contribution in [2.45, 2.75) is 12.5 Å². The van der Waals surface area contributed by atoms with Crippen LogP contribution in [0.25, 0.3) is 10.8 Å². The molecule has 0 aliphatic carbocycles. The van der Waals surface area contributed by atoms with Crippen molar-refractivity contribution >= 4 is 16.5 Å². The van der Waals surface area contributed by atoms with Crippen molar-refractivity contribution in [2.24, 2.45) is 5.73 Å². The largest absolute Gasteiger partial charge is 0.395 e. The molecular formula is C15H20N2O. The van der Waals surface area contributed by atoms with Crippen LogP contribution in [0.1, 0.15) is 5.56 Å². The van der Waals surface area contributed by atoms with E-state index in [4.69, 9.17) is 10.8 Å².